The molecular formula is C20H26ClN5O2S. The monoisotopic (exact) mass is 435 g/mol. The van der Waals surface area contributed by atoms with Crippen LogP contribution in [0.5, 0.6) is 11.5 Å². The molecule has 0 aliphatic rings. The fraction of sp³-hybridized carbons (Fsp3) is 0.350. The van der Waals surface area contributed by atoms with Crippen molar-refractivity contribution in [3.63, 3.8) is 0 Å². The van der Waals surface area contributed by atoms with Crippen LogP contribution in [0, 0.1) is 0 Å². The summed E-state index contributed by atoms with van der Waals surface area (Å²) in [6, 6.07) is 16.2. The minimum absolute atomic E-state index is 0. The average Bonchev–Trinajstić information content (AvgIpc) is 3.13. The van der Waals surface area contributed by atoms with E-state index in [1.54, 1.807) is 16.4 Å². The van der Waals surface area contributed by atoms with Crippen LogP contribution in [0.25, 0.3) is 0 Å². The van der Waals surface area contributed by atoms with Gasteiger partial charge in [-0.15, -0.1) is 17.5 Å². The van der Waals surface area contributed by atoms with Crippen molar-refractivity contribution >= 4 is 24.2 Å². The van der Waals surface area contributed by atoms with Gasteiger partial charge in [0.25, 0.3) is 0 Å². The van der Waals surface area contributed by atoms with Crippen molar-refractivity contribution < 1.29 is 9.47 Å². The number of benzene rings is 2. The van der Waals surface area contributed by atoms with Crippen LogP contribution in [0.1, 0.15) is 18.1 Å². The quantitative estimate of drug-likeness (QED) is 0.365. The minimum Gasteiger partial charge on any atom is -0.490 e. The first-order chi connectivity index (χ1) is 13.8. The molecule has 0 atom stereocenters. The lowest BCUT2D eigenvalue weighted by atomic mass is 10.2. The van der Waals surface area contributed by atoms with E-state index in [4.69, 9.17) is 9.47 Å². The Balaban J connectivity index is 0.00000300. The second-order valence-corrected chi connectivity index (χ2v) is 7.16. The first-order valence-corrected chi connectivity index (χ1v) is 10.2. The number of rotatable bonds is 11. The van der Waals surface area contributed by atoms with Crippen LogP contribution in [-0.4, -0.2) is 39.1 Å². The number of nitrogens with one attached hydrogen (secondary N) is 1. The lowest BCUT2D eigenvalue weighted by Crippen LogP contribution is -2.17. The molecule has 3 aromatic rings. The Bertz CT molecular complexity index is 863. The number of aromatic nitrogens is 4. The molecular weight excluding hydrogens is 410 g/mol. The SMILES string of the molecule is CCOc1cc(CNCCSc2nnnn2C)ccc1OCc1ccccc1.Cl. The normalized spacial score (nSPS) is 10.4. The van der Waals surface area contributed by atoms with Crippen LogP contribution in [0.2, 0.25) is 0 Å². The van der Waals surface area contributed by atoms with Gasteiger partial charge in [-0.3, -0.25) is 0 Å². The van der Waals surface area contributed by atoms with Crippen molar-refractivity contribution in [2.75, 3.05) is 18.9 Å². The topological polar surface area (TPSA) is 74.1 Å². The third-order valence-electron chi connectivity index (χ3n) is 3.97. The summed E-state index contributed by atoms with van der Waals surface area (Å²) in [5.41, 5.74) is 2.28. The van der Waals surface area contributed by atoms with E-state index in [9.17, 15) is 0 Å². The molecule has 0 spiro atoms. The first-order valence-electron chi connectivity index (χ1n) is 9.24. The van der Waals surface area contributed by atoms with Crippen molar-refractivity contribution in [2.45, 2.75) is 25.2 Å². The molecule has 3 rings (SSSR count). The highest BCUT2D eigenvalue weighted by molar-refractivity contribution is 7.99. The highest BCUT2D eigenvalue weighted by atomic mass is 35.5. The van der Waals surface area contributed by atoms with Crippen LogP contribution in [-0.2, 0) is 20.2 Å². The number of hydrogen-bond donors (Lipinski definition) is 1. The van der Waals surface area contributed by atoms with Crippen LogP contribution >= 0.6 is 24.2 Å². The molecule has 0 saturated carbocycles. The zero-order valence-corrected chi connectivity index (χ0v) is 18.2. The number of aryl methyl sites for hydroxylation is 1. The summed E-state index contributed by atoms with van der Waals surface area (Å²) >= 11 is 1.63. The van der Waals surface area contributed by atoms with Crippen molar-refractivity contribution in [1.29, 1.82) is 0 Å². The van der Waals surface area contributed by atoms with Gasteiger partial charge in [0, 0.05) is 25.9 Å². The second kappa shape index (κ2) is 12.3. The summed E-state index contributed by atoms with van der Waals surface area (Å²) < 4.78 is 13.4. The highest BCUT2D eigenvalue weighted by Crippen LogP contribution is 2.29. The largest absolute Gasteiger partial charge is 0.490 e. The van der Waals surface area contributed by atoms with Crippen LogP contribution < -0.4 is 14.8 Å². The van der Waals surface area contributed by atoms with E-state index < -0.39 is 0 Å². The summed E-state index contributed by atoms with van der Waals surface area (Å²) in [7, 11) is 1.84. The highest BCUT2D eigenvalue weighted by Gasteiger charge is 2.07. The van der Waals surface area contributed by atoms with Crippen molar-refractivity contribution in [1.82, 2.24) is 25.5 Å². The van der Waals surface area contributed by atoms with Crippen molar-refractivity contribution in [3.05, 3.63) is 59.7 Å². The average molecular weight is 436 g/mol. The molecule has 0 aliphatic heterocycles. The maximum Gasteiger partial charge on any atom is 0.209 e. The van der Waals surface area contributed by atoms with E-state index in [1.807, 2.05) is 56.4 Å². The molecule has 1 N–H and O–H groups in total. The van der Waals surface area contributed by atoms with E-state index in [2.05, 4.69) is 26.9 Å². The smallest absolute Gasteiger partial charge is 0.209 e. The summed E-state index contributed by atoms with van der Waals surface area (Å²) in [4.78, 5) is 0. The van der Waals surface area contributed by atoms with E-state index in [0.29, 0.717) is 13.2 Å². The summed E-state index contributed by atoms with van der Waals surface area (Å²) in [5, 5.41) is 15.7. The Kier molecular flexibility index (Phi) is 9.76. The molecule has 0 amide bonds. The maximum atomic E-state index is 5.96. The first kappa shape index (κ1) is 23.0. The second-order valence-electron chi connectivity index (χ2n) is 6.10. The van der Waals surface area contributed by atoms with Gasteiger partial charge in [-0.1, -0.05) is 48.2 Å². The van der Waals surface area contributed by atoms with Crippen molar-refractivity contribution in [2.24, 2.45) is 7.05 Å². The Labute approximate surface area is 181 Å². The Morgan fingerprint density at radius 3 is 2.59 bits per heavy atom. The van der Waals surface area contributed by atoms with Gasteiger partial charge in [-0.2, -0.15) is 0 Å². The maximum absolute atomic E-state index is 5.96. The number of thioether (sulfide) groups is 1. The van der Waals surface area contributed by atoms with Crippen LogP contribution in [0.3, 0.4) is 0 Å². The fourth-order valence-corrected chi connectivity index (χ4v) is 3.32. The molecule has 9 heteroatoms. The summed E-state index contributed by atoms with van der Waals surface area (Å²) in [6.45, 7) is 4.71. The molecule has 0 aliphatic carbocycles. The lowest BCUT2D eigenvalue weighted by Gasteiger charge is -2.14. The van der Waals surface area contributed by atoms with Crippen LogP contribution in [0.15, 0.2) is 53.7 Å². The molecule has 7 nitrogen and oxygen atoms in total. The number of tetrazole rings is 1. The Hall–Kier alpha value is -2.29. The third-order valence-corrected chi connectivity index (χ3v) is 4.98. The predicted octanol–water partition coefficient (Wildman–Crippen LogP) is 3.49. The molecule has 0 unspecified atom stereocenters. The molecule has 0 saturated heterocycles. The molecule has 0 radical (unpaired) electrons. The van der Waals surface area contributed by atoms with Gasteiger partial charge in [-0.05, 0) is 40.6 Å². The standard InChI is InChI=1S/C20H25N5O2S.ClH/c1-3-26-19-13-17(14-21-11-12-28-20-22-23-24-25(20)2)9-10-18(19)27-15-16-7-5-4-6-8-16;/h4-10,13,21H,3,11-12,14-15H2,1-2H3;1H. The molecule has 2 aromatic carbocycles. The number of halogens is 1. The zero-order chi connectivity index (χ0) is 19.6. The van der Waals surface area contributed by atoms with Gasteiger partial charge < -0.3 is 14.8 Å². The molecule has 1 heterocycles. The number of nitrogens with zero attached hydrogens (tertiary/aromatic N) is 4. The molecule has 156 valence electrons. The van der Waals surface area contributed by atoms with Gasteiger partial charge in [0.15, 0.2) is 11.5 Å². The minimum atomic E-state index is 0. The molecule has 29 heavy (non-hydrogen) atoms. The number of ether oxygens (including phenoxy) is 2. The van der Waals surface area contributed by atoms with E-state index in [1.165, 1.54) is 0 Å². The predicted molar refractivity (Wildman–Crippen MR) is 117 cm³/mol. The van der Waals surface area contributed by atoms with E-state index in [0.717, 1.165) is 46.6 Å². The van der Waals surface area contributed by atoms with Gasteiger partial charge in [-0.25, -0.2) is 4.68 Å². The Morgan fingerprint density at radius 1 is 1.03 bits per heavy atom. The molecule has 1 aromatic heterocycles. The van der Waals surface area contributed by atoms with E-state index >= 15 is 0 Å². The fourth-order valence-electron chi connectivity index (χ4n) is 2.58. The van der Waals surface area contributed by atoms with E-state index in [-0.39, 0.29) is 12.4 Å². The zero-order valence-electron chi connectivity index (χ0n) is 16.6. The van der Waals surface area contributed by atoms with Gasteiger partial charge in [0.05, 0.1) is 6.61 Å². The molecule has 0 fully saturated rings. The third kappa shape index (κ3) is 7.23. The molecule has 0 bridgehead atoms. The lowest BCUT2D eigenvalue weighted by molar-refractivity contribution is 0.269. The van der Waals surface area contributed by atoms with Crippen LogP contribution in [0.4, 0.5) is 0 Å². The summed E-state index contributed by atoms with van der Waals surface area (Å²) in [6.07, 6.45) is 0. The van der Waals surface area contributed by atoms with Crippen molar-refractivity contribution in [3.8, 4) is 11.5 Å². The van der Waals surface area contributed by atoms with Gasteiger partial charge in [0.1, 0.15) is 6.61 Å². The summed E-state index contributed by atoms with van der Waals surface area (Å²) in [5.74, 6) is 2.43. The number of hydrogen-bond acceptors (Lipinski definition) is 7. The van der Waals surface area contributed by atoms with Gasteiger partial charge >= 0.3 is 0 Å². The Morgan fingerprint density at radius 2 is 1.86 bits per heavy atom. The van der Waals surface area contributed by atoms with Gasteiger partial charge in [0.2, 0.25) is 5.16 Å².